The number of carbonyl (C=O) groups excluding carboxylic acids is 1. The number of nitrogens with zero attached hydrogens (tertiary/aromatic N) is 4. The zero-order valence-electron chi connectivity index (χ0n) is 20.6. The number of carboxylic acid groups (broad SMARTS) is 1. The number of rotatable bonds is 9. The first kappa shape index (κ1) is 24.4. The summed E-state index contributed by atoms with van der Waals surface area (Å²) in [6.45, 7) is 0. The number of ketones is 1. The molecule has 0 bridgehead atoms. The summed E-state index contributed by atoms with van der Waals surface area (Å²) in [7, 11) is 3.06. The van der Waals surface area contributed by atoms with Gasteiger partial charge in [-0.1, -0.05) is 30.3 Å². The predicted octanol–water partition coefficient (Wildman–Crippen LogP) is 4.68. The second-order valence-corrected chi connectivity index (χ2v) is 8.35. The fourth-order valence-electron chi connectivity index (χ4n) is 3.99. The molecule has 3 heterocycles. The van der Waals surface area contributed by atoms with Crippen molar-refractivity contribution in [3.63, 3.8) is 0 Å². The molecule has 190 valence electrons. The highest BCUT2D eigenvalue weighted by atomic mass is 16.5. The summed E-state index contributed by atoms with van der Waals surface area (Å²) in [6, 6.07) is 18.9. The van der Waals surface area contributed by atoms with Crippen molar-refractivity contribution in [2.24, 2.45) is 0 Å². The van der Waals surface area contributed by atoms with Crippen LogP contribution >= 0.6 is 0 Å². The van der Waals surface area contributed by atoms with E-state index in [-0.39, 0.29) is 17.8 Å². The molecule has 2 aromatic carbocycles. The molecule has 10 nitrogen and oxygen atoms in total. The van der Waals surface area contributed by atoms with Crippen LogP contribution in [-0.2, 0) is 6.42 Å². The second-order valence-electron chi connectivity index (χ2n) is 8.35. The van der Waals surface area contributed by atoms with Gasteiger partial charge in [-0.3, -0.25) is 4.79 Å². The standard InChI is InChI=1S/C28H23N5O5/c1-37-24-10-11-25(31-27(24)38-2)30-22-16-21(32-33-13-12-29-26(22)33)19-4-3-5-20(15-19)23(34)14-17-6-8-18(9-7-17)28(35)36/h3-13,15-16H,14H2,1-2H3,(H,30,31)(H,35,36). The van der Waals surface area contributed by atoms with Crippen LogP contribution in [0, 0.1) is 0 Å². The number of Topliss-reactive ketones (excluding diaryl/α,β-unsaturated/α-hetero) is 1. The Bertz CT molecular complexity index is 1650. The fraction of sp³-hybridized carbons (Fsp3) is 0.107. The Labute approximate surface area is 217 Å². The molecule has 0 fully saturated rings. The zero-order chi connectivity index (χ0) is 26.6. The average molecular weight is 510 g/mol. The third-order valence-corrected chi connectivity index (χ3v) is 5.91. The van der Waals surface area contributed by atoms with E-state index in [2.05, 4.69) is 20.4 Å². The maximum Gasteiger partial charge on any atom is 0.335 e. The van der Waals surface area contributed by atoms with Gasteiger partial charge in [0.15, 0.2) is 17.2 Å². The molecule has 0 aliphatic heterocycles. The number of benzene rings is 2. The number of hydrogen-bond donors (Lipinski definition) is 2. The highest BCUT2D eigenvalue weighted by Gasteiger charge is 2.14. The van der Waals surface area contributed by atoms with Gasteiger partial charge in [-0.25, -0.2) is 14.3 Å². The summed E-state index contributed by atoms with van der Waals surface area (Å²) in [5, 5.41) is 17.0. The molecule has 0 radical (unpaired) electrons. The quantitative estimate of drug-likeness (QED) is 0.272. The van der Waals surface area contributed by atoms with E-state index < -0.39 is 5.97 Å². The molecule has 38 heavy (non-hydrogen) atoms. The van der Waals surface area contributed by atoms with E-state index in [1.54, 1.807) is 66.5 Å². The van der Waals surface area contributed by atoms with Crippen LogP contribution in [0.25, 0.3) is 16.9 Å². The fourth-order valence-corrected chi connectivity index (χ4v) is 3.99. The first-order chi connectivity index (χ1) is 18.4. The lowest BCUT2D eigenvalue weighted by Crippen LogP contribution is -2.05. The molecule has 0 aliphatic rings. The molecule has 0 amide bonds. The third kappa shape index (κ3) is 5.00. The van der Waals surface area contributed by atoms with Crippen LogP contribution in [0.15, 0.2) is 79.1 Å². The third-order valence-electron chi connectivity index (χ3n) is 5.91. The SMILES string of the molecule is COc1ccc(Nc2cc(-c3cccc(C(=O)Cc4ccc(C(=O)O)cc4)c3)nn3ccnc23)nc1OC. The van der Waals surface area contributed by atoms with Gasteiger partial charge in [0.25, 0.3) is 5.88 Å². The second kappa shape index (κ2) is 10.4. The Morgan fingerprint density at radius 1 is 0.974 bits per heavy atom. The van der Waals surface area contributed by atoms with Gasteiger partial charge in [0, 0.05) is 29.9 Å². The monoisotopic (exact) mass is 509 g/mol. The van der Waals surface area contributed by atoms with Gasteiger partial charge in [-0.2, -0.15) is 10.1 Å². The molecule has 5 rings (SSSR count). The smallest absolute Gasteiger partial charge is 0.335 e. The number of pyridine rings is 1. The number of nitrogens with one attached hydrogen (secondary N) is 1. The Kier molecular flexibility index (Phi) is 6.68. The summed E-state index contributed by atoms with van der Waals surface area (Å²) in [4.78, 5) is 32.9. The number of aromatic nitrogens is 4. The Morgan fingerprint density at radius 3 is 2.53 bits per heavy atom. The first-order valence-electron chi connectivity index (χ1n) is 11.6. The average Bonchev–Trinajstić information content (AvgIpc) is 3.42. The first-order valence-corrected chi connectivity index (χ1v) is 11.6. The molecule has 0 saturated heterocycles. The van der Waals surface area contributed by atoms with Gasteiger partial charge >= 0.3 is 5.97 Å². The number of carboxylic acids is 1. The van der Waals surface area contributed by atoms with Gasteiger partial charge in [0.05, 0.1) is 31.2 Å². The van der Waals surface area contributed by atoms with E-state index in [1.807, 2.05) is 12.1 Å². The molecule has 2 N–H and O–H groups in total. The number of ether oxygens (including phenoxy) is 2. The van der Waals surface area contributed by atoms with E-state index in [0.717, 1.165) is 11.1 Å². The number of aromatic carboxylic acids is 1. The maximum atomic E-state index is 13.0. The Balaban J connectivity index is 1.44. The van der Waals surface area contributed by atoms with Crippen LogP contribution in [0.1, 0.15) is 26.3 Å². The normalized spacial score (nSPS) is 10.8. The Morgan fingerprint density at radius 2 is 1.79 bits per heavy atom. The minimum Gasteiger partial charge on any atom is -0.491 e. The molecule has 3 aromatic heterocycles. The lowest BCUT2D eigenvalue weighted by Gasteiger charge is -2.12. The number of hydrogen-bond acceptors (Lipinski definition) is 8. The minimum absolute atomic E-state index is 0.0912. The number of imidazole rings is 1. The van der Waals surface area contributed by atoms with E-state index in [4.69, 9.17) is 14.6 Å². The van der Waals surface area contributed by atoms with Gasteiger partial charge in [-0.15, -0.1) is 0 Å². The molecule has 5 aromatic rings. The number of anilines is 2. The van der Waals surface area contributed by atoms with Gasteiger partial charge < -0.3 is 19.9 Å². The topological polar surface area (TPSA) is 128 Å². The van der Waals surface area contributed by atoms with Crippen molar-refractivity contribution in [1.29, 1.82) is 0 Å². The molecule has 10 heteroatoms. The van der Waals surface area contributed by atoms with Crippen molar-refractivity contribution < 1.29 is 24.2 Å². The van der Waals surface area contributed by atoms with Crippen LogP contribution < -0.4 is 14.8 Å². The van der Waals surface area contributed by atoms with E-state index in [9.17, 15) is 9.59 Å². The van der Waals surface area contributed by atoms with Crippen molar-refractivity contribution in [3.8, 4) is 22.9 Å². The lowest BCUT2D eigenvalue weighted by molar-refractivity contribution is 0.0696. The number of fused-ring (bicyclic) bond motifs is 1. The van der Waals surface area contributed by atoms with Crippen LogP contribution in [0.4, 0.5) is 11.5 Å². The molecule has 0 aliphatic carbocycles. The predicted molar refractivity (Wildman–Crippen MR) is 140 cm³/mol. The van der Waals surface area contributed by atoms with Crippen LogP contribution in [0.3, 0.4) is 0 Å². The van der Waals surface area contributed by atoms with Crippen molar-refractivity contribution in [3.05, 3.63) is 95.8 Å². The summed E-state index contributed by atoms with van der Waals surface area (Å²) in [6.07, 6.45) is 3.53. The summed E-state index contributed by atoms with van der Waals surface area (Å²) >= 11 is 0. The van der Waals surface area contributed by atoms with E-state index in [0.29, 0.717) is 40.0 Å². The molecule has 0 unspecified atom stereocenters. The summed E-state index contributed by atoms with van der Waals surface area (Å²) in [5.74, 6) is 0.288. The molecular formula is C28H23N5O5. The van der Waals surface area contributed by atoms with Gasteiger partial charge in [-0.05, 0) is 42.0 Å². The van der Waals surface area contributed by atoms with Crippen molar-refractivity contribution in [2.75, 3.05) is 19.5 Å². The van der Waals surface area contributed by atoms with Crippen LogP contribution in [-0.4, -0.2) is 50.7 Å². The van der Waals surface area contributed by atoms with E-state index >= 15 is 0 Å². The van der Waals surface area contributed by atoms with Crippen molar-refractivity contribution in [2.45, 2.75) is 6.42 Å². The molecule has 0 saturated carbocycles. The van der Waals surface area contributed by atoms with Crippen molar-refractivity contribution >= 4 is 28.9 Å². The number of carbonyl (C=O) groups is 2. The number of methoxy groups -OCH3 is 2. The summed E-state index contributed by atoms with van der Waals surface area (Å²) < 4.78 is 12.2. The van der Waals surface area contributed by atoms with Crippen LogP contribution in [0.2, 0.25) is 0 Å². The highest BCUT2D eigenvalue weighted by molar-refractivity contribution is 5.98. The zero-order valence-corrected chi connectivity index (χ0v) is 20.6. The maximum absolute atomic E-state index is 13.0. The van der Waals surface area contributed by atoms with E-state index in [1.165, 1.54) is 19.2 Å². The summed E-state index contributed by atoms with van der Waals surface area (Å²) in [5.41, 5.74) is 4.06. The lowest BCUT2D eigenvalue weighted by atomic mass is 9.99. The Hall–Kier alpha value is -5.25. The van der Waals surface area contributed by atoms with Gasteiger partial charge in [0.1, 0.15) is 5.82 Å². The minimum atomic E-state index is -1.01. The molecule has 0 atom stereocenters. The largest absolute Gasteiger partial charge is 0.491 e. The molecule has 0 spiro atoms. The van der Waals surface area contributed by atoms with Gasteiger partial charge in [0.2, 0.25) is 0 Å². The van der Waals surface area contributed by atoms with Crippen molar-refractivity contribution in [1.82, 2.24) is 19.6 Å². The van der Waals surface area contributed by atoms with Crippen LogP contribution in [0.5, 0.6) is 11.6 Å². The molecular weight excluding hydrogens is 486 g/mol. The highest BCUT2D eigenvalue weighted by Crippen LogP contribution is 2.30.